The molecule has 4 aliphatic rings. The van der Waals surface area contributed by atoms with Crippen LogP contribution in [0.5, 0.6) is 0 Å². The van der Waals surface area contributed by atoms with Gasteiger partial charge in [-0.05, 0) is 156 Å². The van der Waals surface area contributed by atoms with Crippen molar-refractivity contribution in [2.24, 2.45) is 0 Å². The molecule has 0 spiro atoms. The third-order valence-corrected chi connectivity index (χ3v) is 17.9. The first-order chi connectivity index (χ1) is 33.7. The lowest BCUT2D eigenvalue weighted by atomic mass is 9.43. The minimum Gasteiger partial charge on any atom is -0.455 e. The van der Waals surface area contributed by atoms with E-state index in [-0.39, 0.29) is 33.9 Å². The molecule has 0 N–H and O–H groups in total. The second kappa shape index (κ2) is 13.8. The number of furan rings is 1. The van der Waals surface area contributed by atoms with Gasteiger partial charge >= 0.3 is 6.85 Å². The molecule has 0 unspecified atom stereocenters. The van der Waals surface area contributed by atoms with Crippen LogP contribution in [0.25, 0.3) is 82.8 Å². The Morgan fingerprint density at radius 2 is 1.15 bits per heavy atom. The first kappa shape index (κ1) is 43.0. The minimum atomic E-state index is -0.234. The van der Waals surface area contributed by atoms with Gasteiger partial charge in [0, 0.05) is 55.1 Å². The number of rotatable bonds is 2. The van der Waals surface area contributed by atoms with Crippen molar-refractivity contribution in [2.75, 3.05) is 4.81 Å². The van der Waals surface area contributed by atoms with E-state index in [0.717, 1.165) is 11.2 Å². The van der Waals surface area contributed by atoms with Gasteiger partial charge in [-0.3, -0.25) is 0 Å². The molecule has 0 amide bonds. The van der Waals surface area contributed by atoms with Crippen molar-refractivity contribution < 1.29 is 4.42 Å². The smallest absolute Gasteiger partial charge is 0.333 e. The number of nitrogens with zero attached hydrogens (tertiary/aromatic N) is 2. The molecule has 350 valence electrons. The van der Waals surface area contributed by atoms with Crippen molar-refractivity contribution in [2.45, 2.75) is 123 Å². The molecular weight excluding hydrogens is 860 g/mol. The Morgan fingerprint density at radius 1 is 0.521 bits per heavy atom. The predicted octanol–water partition coefficient (Wildman–Crippen LogP) is 16.8. The molecular formula is C67H63BN2O. The normalized spacial score (nSPS) is 16.9. The van der Waals surface area contributed by atoms with E-state index in [1.165, 1.54) is 140 Å². The van der Waals surface area contributed by atoms with Crippen molar-refractivity contribution in [3.63, 3.8) is 0 Å². The number of para-hydroxylation sites is 1. The first-order valence-electron chi connectivity index (χ1n) is 26.2. The van der Waals surface area contributed by atoms with E-state index in [0.29, 0.717) is 0 Å². The quantitative estimate of drug-likeness (QED) is 0.161. The van der Waals surface area contributed by atoms with Gasteiger partial charge in [-0.15, -0.1) is 0 Å². The Balaban J connectivity index is 1.19. The summed E-state index contributed by atoms with van der Waals surface area (Å²) in [7, 11) is 0. The molecule has 10 aromatic rings. The van der Waals surface area contributed by atoms with Crippen molar-refractivity contribution in [1.29, 1.82) is 0 Å². The Kier molecular flexibility index (Phi) is 8.36. The van der Waals surface area contributed by atoms with Crippen LogP contribution in [0, 0.1) is 0 Å². The monoisotopic (exact) mass is 923 g/mol. The number of aromatic nitrogens is 1. The Morgan fingerprint density at radius 3 is 1.90 bits per heavy atom. The predicted molar refractivity (Wildman–Crippen MR) is 303 cm³/mol. The van der Waals surface area contributed by atoms with Gasteiger partial charge in [0.2, 0.25) is 0 Å². The number of benzene rings is 8. The molecule has 0 atom stereocenters. The fraction of sp³-hybridized carbons (Fsp3) is 0.284. The summed E-state index contributed by atoms with van der Waals surface area (Å²) in [4.78, 5) is 2.74. The molecule has 0 radical (unpaired) electrons. The summed E-state index contributed by atoms with van der Waals surface area (Å²) in [5, 5.41) is 4.94. The summed E-state index contributed by atoms with van der Waals surface area (Å²) < 4.78 is 10.1. The van der Waals surface area contributed by atoms with Gasteiger partial charge in [0.05, 0.1) is 11.0 Å². The minimum absolute atomic E-state index is 0.0360. The summed E-state index contributed by atoms with van der Waals surface area (Å²) in [6.45, 7) is 28.7. The van der Waals surface area contributed by atoms with Crippen LogP contribution in [0.1, 0.15) is 129 Å². The number of anilines is 2. The summed E-state index contributed by atoms with van der Waals surface area (Å²) in [5.41, 5.74) is 26.7. The van der Waals surface area contributed by atoms with Gasteiger partial charge in [0.15, 0.2) is 0 Å². The van der Waals surface area contributed by atoms with E-state index >= 15 is 0 Å². The second-order valence-corrected chi connectivity index (χ2v) is 25.6. The Bertz CT molecular complexity index is 3990. The average molecular weight is 923 g/mol. The molecule has 0 saturated heterocycles. The standard InChI is InChI=1S/C67H63BN2O/c1-63(2,3)40-25-27-53-46(32-40)57-58-43-23-16-17-24-56(43)71-62(58)59-47-35-48-45(44-34-50-51(37-49(44)67(48,11)12)66(9,10)30-29-65(50,7)8)36-55(47)70(42-22-18-21-39(31-42)38-19-14-13-15-20-38)68-52-33-41(64(4,5)6)26-28-54(52)69(53)61(57)60(59)68/h13-28,31-37H,29-30H2,1-12H3. The van der Waals surface area contributed by atoms with Crippen molar-refractivity contribution in [1.82, 2.24) is 4.57 Å². The van der Waals surface area contributed by atoms with Gasteiger partial charge in [0.1, 0.15) is 11.2 Å². The van der Waals surface area contributed by atoms with Crippen molar-refractivity contribution >= 4 is 72.9 Å². The zero-order chi connectivity index (χ0) is 49.1. The third-order valence-electron chi connectivity index (χ3n) is 17.9. The summed E-state index contributed by atoms with van der Waals surface area (Å²) in [5.74, 6) is 0. The summed E-state index contributed by atoms with van der Waals surface area (Å²) >= 11 is 0. The molecule has 71 heavy (non-hydrogen) atoms. The lowest BCUT2D eigenvalue weighted by molar-refractivity contribution is 0.331. The van der Waals surface area contributed by atoms with Crippen LogP contribution in [0.2, 0.25) is 0 Å². The second-order valence-electron chi connectivity index (χ2n) is 25.6. The number of fused-ring (bicyclic) bond motifs is 17. The van der Waals surface area contributed by atoms with Gasteiger partial charge in [-0.25, -0.2) is 0 Å². The Hall–Kier alpha value is -6.78. The van der Waals surface area contributed by atoms with E-state index in [2.05, 4.69) is 232 Å². The van der Waals surface area contributed by atoms with Crippen LogP contribution >= 0.6 is 0 Å². The van der Waals surface area contributed by atoms with Crippen molar-refractivity contribution in [3.05, 3.63) is 173 Å². The molecule has 0 bridgehead atoms. The van der Waals surface area contributed by atoms with E-state index in [1.807, 2.05) is 0 Å². The van der Waals surface area contributed by atoms with Gasteiger partial charge in [-0.2, -0.15) is 0 Å². The van der Waals surface area contributed by atoms with E-state index < -0.39 is 0 Å². The van der Waals surface area contributed by atoms with E-state index in [4.69, 9.17) is 4.42 Å². The molecule has 3 nitrogen and oxygen atoms in total. The fourth-order valence-electron chi connectivity index (χ4n) is 13.7. The average Bonchev–Trinajstić information content (AvgIpc) is 3.96. The SMILES string of the molecule is CC(C)(C)c1ccc2c(c1)B1c3c(c4oc5ccccc5c4c4c5cc(C(C)(C)C)ccc5n-2c34)-c2cc3c(cc2N1c1cccc(-c2ccccc2)c1)-c1cc2c(cc1C3(C)C)C(C)(C)CCC2(C)C. The van der Waals surface area contributed by atoms with Crippen LogP contribution in [0.4, 0.5) is 11.4 Å². The third kappa shape index (κ3) is 5.74. The highest BCUT2D eigenvalue weighted by Gasteiger charge is 2.49. The molecule has 2 aliphatic carbocycles. The van der Waals surface area contributed by atoms with E-state index in [1.54, 1.807) is 0 Å². The maximum Gasteiger partial charge on any atom is 0.333 e. The summed E-state index contributed by atoms with van der Waals surface area (Å²) in [6, 6.07) is 54.2. The molecule has 0 saturated carbocycles. The highest BCUT2D eigenvalue weighted by atomic mass is 16.3. The zero-order valence-corrected chi connectivity index (χ0v) is 43.6. The van der Waals surface area contributed by atoms with Crippen LogP contribution in [-0.2, 0) is 27.1 Å². The lowest BCUT2D eigenvalue weighted by Crippen LogP contribution is -2.60. The van der Waals surface area contributed by atoms with Gasteiger partial charge in [-0.1, -0.05) is 168 Å². The zero-order valence-electron chi connectivity index (χ0n) is 43.6. The lowest BCUT2D eigenvalue weighted by Gasteiger charge is -2.43. The highest BCUT2D eigenvalue weighted by Crippen LogP contribution is 2.59. The number of hydrogen-bond donors (Lipinski definition) is 0. The Labute approximate surface area is 419 Å². The van der Waals surface area contributed by atoms with Crippen LogP contribution in [0.15, 0.2) is 144 Å². The molecule has 4 heterocycles. The largest absolute Gasteiger partial charge is 0.455 e. The van der Waals surface area contributed by atoms with E-state index in [9.17, 15) is 0 Å². The fourth-order valence-corrected chi connectivity index (χ4v) is 13.7. The molecule has 14 rings (SSSR count). The number of hydrogen-bond acceptors (Lipinski definition) is 2. The maximum atomic E-state index is 7.45. The maximum absolute atomic E-state index is 7.45. The summed E-state index contributed by atoms with van der Waals surface area (Å²) in [6.07, 6.45) is 2.37. The highest BCUT2D eigenvalue weighted by molar-refractivity contribution is 6.94. The van der Waals surface area contributed by atoms with Crippen LogP contribution in [0.3, 0.4) is 0 Å². The van der Waals surface area contributed by atoms with Crippen LogP contribution in [-0.4, -0.2) is 11.4 Å². The van der Waals surface area contributed by atoms with Gasteiger partial charge in [0.25, 0.3) is 0 Å². The molecule has 8 aromatic carbocycles. The molecule has 0 fully saturated rings. The molecule has 2 aliphatic heterocycles. The first-order valence-corrected chi connectivity index (χ1v) is 26.2. The van der Waals surface area contributed by atoms with Crippen molar-refractivity contribution in [3.8, 4) is 39.1 Å². The molecule has 2 aromatic heterocycles. The topological polar surface area (TPSA) is 21.3 Å². The van der Waals surface area contributed by atoms with Gasteiger partial charge < -0.3 is 13.8 Å². The molecule has 4 heteroatoms. The van der Waals surface area contributed by atoms with Crippen LogP contribution < -0.4 is 15.7 Å².